The van der Waals surface area contributed by atoms with E-state index in [-0.39, 0.29) is 23.6 Å². The van der Waals surface area contributed by atoms with E-state index in [9.17, 15) is 23.1 Å². The van der Waals surface area contributed by atoms with Gasteiger partial charge in [0.05, 0.1) is 29.8 Å². The number of pyridine rings is 1. The Balaban J connectivity index is 1.69. The normalized spacial score (nSPS) is 12.6. The van der Waals surface area contributed by atoms with Gasteiger partial charge in [-0.2, -0.15) is 13.2 Å². The zero-order chi connectivity index (χ0) is 21.9. The lowest BCUT2D eigenvalue weighted by atomic mass is 10.1. The van der Waals surface area contributed by atoms with Gasteiger partial charge in [-0.05, 0) is 36.2 Å². The van der Waals surface area contributed by atoms with Gasteiger partial charge in [0.2, 0.25) is 0 Å². The minimum atomic E-state index is -4.42. The summed E-state index contributed by atoms with van der Waals surface area (Å²) in [5.41, 5.74) is 0.770. The molecule has 0 saturated carbocycles. The number of nitrogens with zero attached hydrogens (tertiary/aromatic N) is 3. The van der Waals surface area contributed by atoms with Gasteiger partial charge in [-0.1, -0.05) is 12.1 Å². The number of aliphatic hydroxyl groups excluding tert-OH is 2. The number of aliphatic hydroxyl groups is 2. The molecule has 0 radical (unpaired) electrons. The number of halogens is 3. The molecule has 7 nitrogen and oxygen atoms in total. The van der Waals surface area contributed by atoms with Crippen LogP contribution in [0.25, 0.3) is 0 Å². The molecule has 0 aliphatic carbocycles. The second-order valence-electron chi connectivity index (χ2n) is 6.71. The summed E-state index contributed by atoms with van der Waals surface area (Å²) in [5.74, 6) is -0.250. The van der Waals surface area contributed by atoms with E-state index in [1.54, 1.807) is 17.6 Å². The summed E-state index contributed by atoms with van der Waals surface area (Å²) in [4.78, 5) is 20.5. The lowest BCUT2D eigenvalue weighted by Crippen LogP contribution is -2.15. The molecule has 3 aromatic rings. The van der Waals surface area contributed by atoms with Crippen LogP contribution in [0, 0.1) is 6.92 Å². The molecule has 10 heteroatoms. The predicted molar refractivity (Wildman–Crippen MR) is 102 cm³/mol. The van der Waals surface area contributed by atoms with E-state index in [4.69, 9.17) is 5.11 Å². The first-order valence-electron chi connectivity index (χ1n) is 8.92. The Kier molecular flexibility index (Phi) is 6.18. The van der Waals surface area contributed by atoms with E-state index in [1.165, 1.54) is 30.9 Å². The molecule has 1 amide bonds. The number of amides is 1. The smallest absolute Gasteiger partial charge is 0.393 e. The monoisotopic (exact) mass is 420 g/mol. The minimum absolute atomic E-state index is 0.154. The molecule has 0 spiro atoms. The molecule has 1 unspecified atom stereocenters. The van der Waals surface area contributed by atoms with Crippen LogP contribution >= 0.6 is 0 Å². The van der Waals surface area contributed by atoms with Gasteiger partial charge in [0.25, 0.3) is 5.91 Å². The Morgan fingerprint density at radius 1 is 1.27 bits per heavy atom. The molecule has 0 saturated heterocycles. The molecule has 1 aromatic carbocycles. The number of benzene rings is 1. The van der Waals surface area contributed by atoms with Crippen LogP contribution in [0.4, 0.5) is 19.0 Å². The molecule has 0 bridgehead atoms. The van der Waals surface area contributed by atoms with Crippen molar-refractivity contribution in [3.63, 3.8) is 0 Å². The zero-order valence-corrected chi connectivity index (χ0v) is 15.9. The summed E-state index contributed by atoms with van der Waals surface area (Å²) in [7, 11) is 0. The Labute approximate surface area is 169 Å². The number of hydrogen-bond donors (Lipinski definition) is 3. The standard InChI is InChI=1S/C20H19F3N4O3/c1-12-5-16(17(29)10-28)24-7-15(12)19(30)26-18-9-27(11-25-18)8-13-3-2-4-14(6-13)20(21,22)23/h2-7,9,11,17,28-29H,8,10H2,1H3,(H,26,30). The summed E-state index contributed by atoms with van der Waals surface area (Å²) in [6, 6.07) is 6.48. The fourth-order valence-electron chi connectivity index (χ4n) is 2.84. The molecule has 0 fully saturated rings. The van der Waals surface area contributed by atoms with E-state index in [0.717, 1.165) is 12.1 Å². The highest BCUT2D eigenvalue weighted by Gasteiger charge is 2.30. The number of imidazole rings is 1. The fraction of sp³-hybridized carbons (Fsp3) is 0.250. The fourth-order valence-corrected chi connectivity index (χ4v) is 2.84. The van der Waals surface area contributed by atoms with Crippen molar-refractivity contribution in [2.45, 2.75) is 25.7 Å². The SMILES string of the molecule is Cc1cc(C(O)CO)ncc1C(=O)Nc1cn(Cc2cccc(C(F)(F)F)c2)cn1. The average Bonchev–Trinajstić information content (AvgIpc) is 3.13. The molecular formula is C20H19F3N4O3. The summed E-state index contributed by atoms with van der Waals surface area (Å²) >= 11 is 0. The van der Waals surface area contributed by atoms with E-state index in [1.807, 2.05) is 0 Å². The Bertz CT molecular complexity index is 1050. The van der Waals surface area contributed by atoms with Crippen LogP contribution in [0.15, 0.2) is 49.1 Å². The van der Waals surface area contributed by atoms with E-state index >= 15 is 0 Å². The number of hydrogen-bond acceptors (Lipinski definition) is 5. The number of carbonyl (C=O) groups excluding carboxylic acids is 1. The van der Waals surface area contributed by atoms with Crippen molar-refractivity contribution < 1.29 is 28.2 Å². The first-order chi connectivity index (χ1) is 14.2. The van der Waals surface area contributed by atoms with Crippen molar-refractivity contribution >= 4 is 11.7 Å². The number of aromatic nitrogens is 3. The topological polar surface area (TPSA) is 100 Å². The van der Waals surface area contributed by atoms with Crippen LogP contribution in [-0.2, 0) is 12.7 Å². The lowest BCUT2D eigenvalue weighted by molar-refractivity contribution is -0.137. The minimum Gasteiger partial charge on any atom is -0.393 e. The Hall–Kier alpha value is -3.24. The molecular weight excluding hydrogens is 401 g/mol. The molecule has 0 aliphatic heterocycles. The van der Waals surface area contributed by atoms with Crippen molar-refractivity contribution in [1.82, 2.24) is 14.5 Å². The van der Waals surface area contributed by atoms with Crippen molar-refractivity contribution in [3.05, 3.63) is 77.0 Å². The second kappa shape index (κ2) is 8.64. The third kappa shape index (κ3) is 5.02. The highest BCUT2D eigenvalue weighted by molar-refractivity contribution is 6.04. The first-order valence-corrected chi connectivity index (χ1v) is 8.92. The molecule has 1 atom stereocenters. The molecule has 2 heterocycles. The van der Waals surface area contributed by atoms with Gasteiger partial charge in [0.1, 0.15) is 6.10 Å². The molecule has 3 rings (SSSR count). The van der Waals surface area contributed by atoms with Gasteiger partial charge in [-0.3, -0.25) is 9.78 Å². The summed E-state index contributed by atoms with van der Waals surface area (Å²) in [5, 5.41) is 21.2. The van der Waals surface area contributed by atoms with Crippen molar-refractivity contribution in [2.75, 3.05) is 11.9 Å². The lowest BCUT2D eigenvalue weighted by Gasteiger charge is -2.10. The van der Waals surface area contributed by atoms with Crippen molar-refractivity contribution in [1.29, 1.82) is 0 Å². The first kappa shape index (κ1) is 21.5. The molecule has 3 N–H and O–H groups in total. The number of carbonyl (C=O) groups is 1. The maximum absolute atomic E-state index is 12.8. The third-order valence-corrected chi connectivity index (χ3v) is 4.39. The van der Waals surface area contributed by atoms with Crippen LogP contribution in [0.3, 0.4) is 0 Å². The Morgan fingerprint density at radius 3 is 2.70 bits per heavy atom. The van der Waals surface area contributed by atoms with E-state index in [0.29, 0.717) is 11.1 Å². The van der Waals surface area contributed by atoms with Crippen LogP contribution in [0.2, 0.25) is 0 Å². The highest BCUT2D eigenvalue weighted by Crippen LogP contribution is 2.29. The van der Waals surface area contributed by atoms with E-state index < -0.39 is 30.4 Å². The van der Waals surface area contributed by atoms with Crippen molar-refractivity contribution in [3.8, 4) is 0 Å². The molecule has 2 aromatic heterocycles. The van der Waals surface area contributed by atoms with Gasteiger partial charge >= 0.3 is 6.18 Å². The summed E-state index contributed by atoms with van der Waals surface area (Å²) in [6.07, 6.45) is -1.35. The number of rotatable bonds is 6. The maximum atomic E-state index is 12.8. The van der Waals surface area contributed by atoms with Crippen molar-refractivity contribution in [2.24, 2.45) is 0 Å². The highest BCUT2D eigenvalue weighted by atomic mass is 19.4. The van der Waals surface area contributed by atoms with Crippen LogP contribution in [0.1, 0.15) is 38.8 Å². The number of nitrogens with one attached hydrogen (secondary N) is 1. The maximum Gasteiger partial charge on any atom is 0.416 e. The number of aryl methyl sites for hydroxylation is 1. The van der Waals surface area contributed by atoms with Gasteiger partial charge in [-0.25, -0.2) is 4.98 Å². The predicted octanol–water partition coefficient (Wildman–Crippen LogP) is 2.93. The Morgan fingerprint density at radius 2 is 2.03 bits per heavy atom. The summed E-state index contributed by atoms with van der Waals surface area (Å²) < 4.78 is 40.1. The van der Waals surface area contributed by atoms with Crippen LogP contribution in [-0.4, -0.2) is 37.3 Å². The molecule has 158 valence electrons. The van der Waals surface area contributed by atoms with Crippen LogP contribution in [0.5, 0.6) is 0 Å². The number of anilines is 1. The van der Waals surface area contributed by atoms with Crippen LogP contribution < -0.4 is 5.32 Å². The largest absolute Gasteiger partial charge is 0.416 e. The average molecular weight is 420 g/mol. The molecule has 0 aliphatic rings. The van der Waals surface area contributed by atoms with Gasteiger partial charge in [0.15, 0.2) is 5.82 Å². The quantitative estimate of drug-likeness (QED) is 0.569. The van der Waals surface area contributed by atoms with Gasteiger partial charge in [0, 0.05) is 18.9 Å². The second-order valence-corrected chi connectivity index (χ2v) is 6.71. The summed E-state index contributed by atoms with van der Waals surface area (Å²) in [6.45, 7) is 1.33. The number of alkyl halides is 3. The zero-order valence-electron chi connectivity index (χ0n) is 15.9. The third-order valence-electron chi connectivity index (χ3n) is 4.39. The van der Waals surface area contributed by atoms with E-state index in [2.05, 4.69) is 15.3 Å². The van der Waals surface area contributed by atoms with Gasteiger partial charge < -0.3 is 20.1 Å². The molecule has 30 heavy (non-hydrogen) atoms. The van der Waals surface area contributed by atoms with Gasteiger partial charge in [-0.15, -0.1) is 0 Å².